The van der Waals surface area contributed by atoms with Crippen molar-refractivity contribution in [2.45, 2.75) is 37.8 Å². The van der Waals surface area contributed by atoms with Crippen LogP contribution in [0.2, 0.25) is 0 Å². The van der Waals surface area contributed by atoms with E-state index in [9.17, 15) is 24.5 Å². The van der Waals surface area contributed by atoms with Gasteiger partial charge in [0.15, 0.2) is 17.0 Å². The second-order valence-electron chi connectivity index (χ2n) is 5.91. The van der Waals surface area contributed by atoms with Crippen LogP contribution in [0.15, 0.2) is 0 Å². The Morgan fingerprint density at radius 1 is 1.41 bits per heavy atom. The minimum absolute atomic E-state index is 0.118. The fourth-order valence-corrected chi connectivity index (χ4v) is 2.75. The molecule has 13 nitrogen and oxygen atoms in total. The molecule has 0 aromatic carbocycles. The van der Waals surface area contributed by atoms with Gasteiger partial charge in [-0.15, -0.1) is 5.43 Å². The topological polar surface area (TPSA) is 193 Å². The molecule has 6 N–H and O–H groups in total. The molecule has 0 radical (unpaired) electrons. The molecule has 2 atom stereocenters. The van der Waals surface area contributed by atoms with Crippen LogP contribution in [0, 0.1) is 15.5 Å². The third kappa shape index (κ3) is 7.33. The summed E-state index contributed by atoms with van der Waals surface area (Å²) in [4.78, 5) is 48.2. The van der Waals surface area contributed by atoms with Crippen LogP contribution >= 0.6 is 0 Å². The minimum Gasteiger partial charge on any atom is -0.468 e. The molecule has 1 rings (SSSR count). The van der Waals surface area contributed by atoms with Crippen molar-refractivity contribution in [1.29, 1.82) is 5.41 Å². The molecule has 0 aliphatic carbocycles. The number of rotatable bonds is 10. The zero-order chi connectivity index (χ0) is 20.4. The zero-order valence-electron chi connectivity index (χ0n) is 15.0. The first-order valence-electron chi connectivity index (χ1n) is 8.39. The first-order chi connectivity index (χ1) is 12.8. The summed E-state index contributed by atoms with van der Waals surface area (Å²) in [6, 6.07) is -1.92. The fourth-order valence-electron chi connectivity index (χ4n) is 2.75. The monoisotopic (exact) mass is 387 g/mol. The van der Waals surface area contributed by atoms with Crippen LogP contribution in [-0.2, 0) is 19.1 Å². The van der Waals surface area contributed by atoms with Crippen molar-refractivity contribution >= 4 is 23.7 Å². The molecule has 0 aromatic heterocycles. The van der Waals surface area contributed by atoms with E-state index in [-0.39, 0.29) is 32.0 Å². The van der Waals surface area contributed by atoms with E-state index in [4.69, 9.17) is 11.1 Å². The van der Waals surface area contributed by atoms with Crippen LogP contribution in [0.3, 0.4) is 0 Å². The molecule has 1 fully saturated rings. The summed E-state index contributed by atoms with van der Waals surface area (Å²) in [5.74, 6) is -1.93. The molecule has 0 bridgehead atoms. The van der Waals surface area contributed by atoms with Gasteiger partial charge in [-0.05, 0) is 25.7 Å². The third-order valence-corrected chi connectivity index (χ3v) is 4.02. The molecular weight excluding hydrogens is 362 g/mol. The molecule has 0 spiro atoms. The van der Waals surface area contributed by atoms with Crippen molar-refractivity contribution < 1.29 is 24.2 Å². The predicted molar refractivity (Wildman–Crippen MR) is 92.8 cm³/mol. The molecule has 0 saturated carbocycles. The Morgan fingerprint density at radius 3 is 2.70 bits per heavy atom. The molecular formula is C14H25N7O6. The fraction of sp³-hybridized carbons (Fsp3) is 0.714. The van der Waals surface area contributed by atoms with Gasteiger partial charge in [-0.25, -0.2) is 10.1 Å². The molecule has 1 heterocycles. The largest absolute Gasteiger partial charge is 0.468 e. The van der Waals surface area contributed by atoms with E-state index >= 15 is 0 Å². The van der Waals surface area contributed by atoms with Gasteiger partial charge in [-0.2, -0.15) is 0 Å². The summed E-state index contributed by atoms with van der Waals surface area (Å²) in [5, 5.41) is 22.0. The van der Waals surface area contributed by atoms with Crippen molar-refractivity contribution in [3.05, 3.63) is 10.1 Å². The molecule has 27 heavy (non-hydrogen) atoms. The molecule has 1 saturated heterocycles. The summed E-state index contributed by atoms with van der Waals surface area (Å²) < 4.78 is 4.44. The number of amides is 2. The third-order valence-electron chi connectivity index (χ3n) is 4.02. The highest BCUT2D eigenvalue weighted by atomic mass is 16.7. The molecule has 1 aliphatic heterocycles. The summed E-state index contributed by atoms with van der Waals surface area (Å²) >= 11 is 0. The van der Waals surface area contributed by atoms with Crippen molar-refractivity contribution in [1.82, 2.24) is 21.0 Å². The molecule has 13 heteroatoms. The number of guanidine groups is 1. The van der Waals surface area contributed by atoms with Crippen LogP contribution in [0.5, 0.6) is 0 Å². The Balaban J connectivity index is 2.70. The molecule has 0 unspecified atom stereocenters. The van der Waals surface area contributed by atoms with Crippen molar-refractivity contribution in [2.75, 3.05) is 26.7 Å². The summed E-state index contributed by atoms with van der Waals surface area (Å²) in [6.07, 6.45) is 1.44. The van der Waals surface area contributed by atoms with E-state index in [1.54, 1.807) is 0 Å². The molecule has 0 aromatic rings. The Bertz CT molecular complexity index is 584. The minimum atomic E-state index is -1.12. The van der Waals surface area contributed by atoms with Gasteiger partial charge < -0.3 is 26.0 Å². The lowest BCUT2D eigenvalue weighted by Crippen LogP contribution is -2.54. The highest BCUT2D eigenvalue weighted by Gasteiger charge is 2.38. The number of esters is 1. The van der Waals surface area contributed by atoms with Crippen molar-refractivity contribution in [3.8, 4) is 0 Å². The lowest BCUT2D eigenvalue weighted by molar-refractivity contribution is -0.548. The number of nitrogens with zero attached hydrogens (tertiary/aromatic N) is 2. The van der Waals surface area contributed by atoms with Gasteiger partial charge in [-0.1, -0.05) is 0 Å². The molecule has 1 aliphatic rings. The van der Waals surface area contributed by atoms with E-state index in [2.05, 4.69) is 15.4 Å². The maximum Gasteiger partial charge on any atom is 0.325 e. The van der Waals surface area contributed by atoms with Crippen LogP contribution in [0.25, 0.3) is 0 Å². The average molecular weight is 387 g/mol. The van der Waals surface area contributed by atoms with Gasteiger partial charge in [0.05, 0.1) is 7.11 Å². The predicted octanol–water partition coefficient (Wildman–Crippen LogP) is -2.32. The van der Waals surface area contributed by atoms with E-state index in [1.165, 1.54) is 12.0 Å². The van der Waals surface area contributed by atoms with Crippen molar-refractivity contribution in [3.63, 3.8) is 0 Å². The number of likely N-dealkylation sites (tertiary alicyclic amines) is 1. The summed E-state index contributed by atoms with van der Waals surface area (Å²) in [5.41, 5.74) is 7.13. The number of hydrazine groups is 1. The van der Waals surface area contributed by atoms with Gasteiger partial charge in [0, 0.05) is 13.1 Å². The number of hydrogen-bond donors (Lipinski definition) is 5. The Labute approximate surface area is 155 Å². The number of nitrogens with two attached hydrogens (primary N) is 1. The van der Waals surface area contributed by atoms with Gasteiger partial charge in [0.1, 0.15) is 12.6 Å². The lowest BCUT2D eigenvalue weighted by atomic mass is 10.1. The van der Waals surface area contributed by atoms with Crippen LogP contribution < -0.4 is 21.8 Å². The van der Waals surface area contributed by atoms with Gasteiger partial charge in [-0.3, -0.25) is 19.8 Å². The number of carbonyl (C=O) groups is 3. The number of nitrogens with one attached hydrogen (secondary N) is 4. The smallest absolute Gasteiger partial charge is 0.325 e. The van der Waals surface area contributed by atoms with Gasteiger partial charge >= 0.3 is 5.97 Å². The summed E-state index contributed by atoms with van der Waals surface area (Å²) in [7, 11) is 1.19. The maximum atomic E-state index is 12.7. The number of methoxy groups -OCH3 is 1. The van der Waals surface area contributed by atoms with E-state index in [1.807, 2.05) is 5.43 Å². The van der Waals surface area contributed by atoms with Crippen LogP contribution in [0.1, 0.15) is 25.7 Å². The molecule has 2 amide bonds. The molecule has 152 valence electrons. The van der Waals surface area contributed by atoms with Crippen LogP contribution in [-0.4, -0.2) is 72.5 Å². The number of hydrogen-bond acceptors (Lipinski definition) is 7. The van der Waals surface area contributed by atoms with E-state index in [0.29, 0.717) is 19.3 Å². The second kappa shape index (κ2) is 10.8. The lowest BCUT2D eigenvalue weighted by Gasteiger charge is -2.27. The second-order valence-corrected chi connectivity index (χ2v) is 5.91. The van der Waals surface area contributed by atoms with Gasteiger partial charge in [0.2, 0.25) is 5.91 Å². The van der Waals surface area contributed by atoms with E-state index < -0.39 is 34.9 Å². The Kier molecular flexibility index (Phi) is 8.75. The van der Waals surface area contributed by atoms with Crippen LogP contribution in [0.4, 0.5) is 0 Å². The highest BCUT2D eigenvalue weighted by Crippen LogP contribution is 2.19. The average Bonchev–Trinajstić information content (AvgIpc) is 3.10. The number of nitro groups is 1. The standard InChI is InChI=1S/C14H25N7O6/c1-27-11(22)8-18-12(23)10-5-3-7-20(10)13(24)9(19-21(25)26)4-2-6-17-14(15)16/h9-10,19H,2-8H2,1H3,(H,18,23)(H4,15,16,17)/t9-,10-/m0/s1. The number of ether oxygens (including phenoxy) is 1. The first-order valence-corrected chi connectivity index (χ1v) is 8.39. The van der Waals surface area contributed by atoms with Crippen molar-refractivity contribution in [2.24, 2.45) is 5.73 Å². The first kappa shape index (κ1) is 21.9. The Hall–Kier alpha value is -3.12. The normalized spacial score (nSPS) is 16.9. The summed E-state index contributed by atoms with van der Waals surface area (Å²) in [6.45, 7) is 0.249. The zero-order valence-corrected chi connectivity index (χ0v) is 15.0. The Morgan fingerprint density at radius 2 is 2.11 bits per heavy atom. The van der Waals surface area contributed by atoms with Gasteiger partial charge in [0.25, 0.3) is 5.91 Å². The maximum absolute atomic E-state index is 12.7. The number of carbonyl (C=O) groups excluding carboxylic acids is 3. The highest BCUT2D eigenvalue weighted by molar-refractivity contribution is 5.91. The quantitative estimate of drug-likeness (QED) is 0.0683. The SMILES string of the molecule is COC(=O)CNC(=O)[C@@H]1CCCN1C(=O)[C@H](CCCNC(=N)N)N[N+](=O)[O-]. The van der Waals surface area contributed by atoms with E-state index in [0.717, 1.165) is 0 Å².